The zero-order valence-corrected chi connectivity index (χ0v) is 17.8. The van der Waals surface area contributed by atoms with Crippen molar-refractivity contribution in [3.05, 3.63) is 41.2 Å². The molecule has 1 aromatic carbocycles. The molecule has 0 aliphatic carbocycles. The summed E-state index contributed by atoms with van der Waals surface area (Å²) in [6.07, 6.45) is 0. The van der Waals surface area contributed by atoms with Gasteiger partial charge in [-0.1, -0.05) is 11.6 Å². The molecule has 0 saturated carbocycles. The summed E-state index contributed by atoms with van der Waals surface area (Å²) in [4.78, 5) is 27.3. The number of carbonyl (C=O) groups excluding carboxylic acids is 1. The second-order valence-electron chi connectivity index (χ2n) is 7.54. The first-order chi connectivity index (χ1) is 14.9. The minimum Gasteiger partial charge on any atom is -0.449 e. The summed E-state index contributed by atoms with van der Waals surface area (Å²) in [5.74, 6) is 1.13. The number of pyridine rings is 1. The third-order valence-corrected chi connectivity index (χ3v) is 5.13. The molecule has 5 rings (SSSR count). The molecule has 1 aliphatic heterocycles. The predicted octanol–water partition coefficient (Wildman–Crippen LogP) is 3.83. The Morgan fingerprint density at radius 2 is 2.00 bits per heavy atom. The van der Waals surface area contributed by atoms with Crippen molar-refractivity contribution in [3.63, 3.8) is 0 Å². The van der Waals surface area contributed by atoms with Gasteiger partial charge in [0.1, 0.15) is 10.7 Å². The van der Waals surface area contributed by atoms with E-state index < -0.39 is 0 Å². The number of hydrogen-bond acceptors (Lipinski definition) is 8. The lowest BCUT2D eigenvalue weighted by atomic mass is 10.1. The summed E-state index contributed by atoms with van der Waals surface area (Å²) in [6, 6.07) is 8.78. The molecule has 4 heterocycles. The minimum absolute atomic E-state index is 0.00926. The molecule has 0 saturated heterocycles. The Balaban J connectivity index is 1.57. The van der Waals surface area contributed by atoms with Crippen LogP contribution >= 0.6 is 11.6 Å². The van der Waals surface area contributed by atoms with Crippen LogP contribution in [0.5, 0.6) is 11.8 Å². The molecule has 0 spiro atoms. The van der Waals surface area contributed by atoms with Crippen molar-refractivity contribution >= 4 is 51.0 Å². The Hall–Kier alpha value is -3.59. The third kappa shape index (κ3) is 3.46. The maximum atomic E-state index is 12.5. The number of rotatable bonds is 3. The number of hydrogen-bond donors (Lipinski definition) is 2. The third-order valence-electron chi connectivity index (χ3n) is 4.93. The quantitative estimate of drug-likeness (QED) is 0.465. The second kappa shape index (κ2) is 7.28. The maximum absolute atomic E-state index is 12.5. The zero-order valence-electron chi connectivity index (χ0n) is 17.1. The van der Waals surface area contributed by atoms with Crippen molar-refractivity contribution in [3.8, 4) is 11.8 Å². The number of ether oxygens (including phenoxy) is 1. The molecular formula is C21H19ClN6O3. The number of furan rings is 1. The lowest BCUT2D eigenvalue weighted by Crippen LogP contribution is -2.34. The van der Waals surface area contributed by atoms with E-state index in [0.717, 1.165) is 10.8 Å². The molecule has 4 aromatic rings. The fraction of sp³-hybridized carbons (Fsp3) is 0.238. The molecule has 3 aromatic heterocycles. The predicted molar refractivity (Wildman–Crippen MR) is 118 cm³/mol. The molecule has 9 nitrogen and oxygen atoms in total. The van der Waals surface area contributed by atoms with Crippen LogP contribution in [0.2, 0.25) is 5.15 Å². The molecule has 2 N–H and O–H groups in total. The fourth-order valence-corrected chi connectivity index (χ4v) is 3.68. The van der Waals surface area contributed by atoms with Crippen LogP contribution in [0.25, 0.3) is 21.9 Å². The molecule has 1 amide bonds. The van der Waals surface area contributed by atoms with E-state index in [-0.39, 0.29) is 22.9 Å². The Morgan fingerprint density at radius 3 is 2.81 bits per heavy atom. The van der Waals surface area contributed by atoms with Crippen molar-refractivity contribution in [2.24, 2.45) is 0 Å². The Morgan fingerprint density at radius 1 is 1.16 bits per heavy atom. The molecule has 31 heavy (non-hydrogen) atoms. The average molecular weight is 439 g/mol. The van der Waals surface area contributed by atoms with E-state index in [2.05, 4.69) is 25.6 Å². The van der Waals surface area contributed by atoms with Crippen LogP contribution in [0.3, 0.4) is 0 Å². The van der Waals surface area contributed by atoms with Gasteiger partial charge >= 0.3 is 0 Å². The summed E-state index contributed by atoms with van der Waals surface area (Å²) in [5, 5.41) is 8.16. The second-order valence-corrected chi connectivity index (χ2v) is 7.93. The van der Waals surface area contributed by atoms with Crippen LogP contribution < -0.4 is 20.3 Å². The summed E-state index contributed by atoms with van der Waals surface area (Å²) in [7, 11) is 3.63. The Bertz CT molecular complexity index is 1340. The fourth-order valence-electron chi connectivity index (χ4n) is 3.51. The molecule has 1 atom stereocenters. The van der Waals surface area contributed by atoms with Gasteiger partial charge in [0.15, 0.2) is 0 Å². The Labute approximate surface area is 182 Å². The summed E-state index contributed by atoms with van der Waals surface area (Å²) < 4.78 is 11.7. The number of nitrogens with one attached hydrogen (secondary N) is 2. The van der Waals surface area contributed by atoms with Crippen molar-refractivity contribution in [1.29, 1.82) is 0 Å². The highest BCUT2D eigenvalue weighted by molar-refractivity contribution is 6.29. The Kier molecular flexibility index (Phi) is 4.55. The highest BCUT2D eigenvalue weighted by Crippen LogP contribution is 2.37. The van der Waals surface area contributed by atoms with Gasteiger partial charge < -0.3 is 24.7 Å². The standard InChI is InChI=1S/C21H19ClN6O3/c1-10-9-23-18-17-11-4-7-15(31-16-8-14(22)26-21(27-16)28(2)3)25-12(11)5-6-13(17)30-19(18)20(29)24-10/h4-8,10,23H,9H2,1-3H3,(H,24,29)/t10-/m1/s1. The summed E-state index contributed by atoms with van der Waals surface area (Å²) in [6.45, 7) is 2.53. The number of anilines is 2. The topological polar surface area (TPSA) is 105 Å². The minimum atomic E-state index is -0.234. The lowest BCUT2D eigenvalue weighted by molar-refractivity contribution is 0.0920. The van der Waals surface area contributed by atoms with E-state index in [4.69, 9.17) is 20.8 Å². The largest absolute Gasteiger partial charge is 0.449 e. The SMILES string of the molecule is C[C@@H]1CNc2c(oc3ccc4nc(Oc5cc(Cl)nc(N(C)C)n5)ccc4c23)C(=O)N1. The van der Waals surface area contributed by atoms with Gasteiger partial charge in [0.05, 0.1) is 16.6 Å². The highest BCUT2D eigenvalue weighted by Gasteiger charge is 2.26. The highest BCUT2D eigenvalue weighted by atomic mass is 35.5. The van der Waals surface area contributed by atoms with Crippen molar-refractivity contribution < 1.29 is 13.9 Å². The van der Waals surface area contributed by atoms with Gasteiger partial charge in [-0.15, -0.1) is 0 Å². The van der Waals surface area contributed by atoms with Crippen molar-refractivity contribution in [2.75, 3.05) is 30.9 Å². The van der Waals surface area contributed by atoms with E-state index in [1.165, 1.54) is 6.07 Å². The van der Waals surface area contributed by atoms with E-state index in [1.807, 2.05) is 33.2 Å². The van der Waals surface area contributed by atoms with Crippen molar-refractivity contribution in [1.82, 2.24) is 20.3 Å². The van der Waals surface area contributed by atoms with Gasteiger partial charge in [0.2, 0.25) is 23.5 Å². The number of fused-ring (bicyclic) bond motifs is 5. The van der Waals surface area contributed by atoms with E-state index in [0.29, 0.717) is 41.0 Å². The van der Waals surface area contributed by atoms with Crippen LogP contribution in [0.15, 0.2) is 34.7 Å². The number of carbonyl (C=O) groups is 1. The molecule has 10 heteroatoms. The van der Waals surface area contributed by atoms with Crippen LogP contribution in [-0.2, 0) is 0 Å². The molecule has 0 radical (unpaired) electrons. The van der Waals surface area contributed by atoms with E-state index in [9.17, 15) is 4.79 Å². The van der Waals surface area contributed by atoms with E-state index in [1.54, 1.807) is 17.0 Å². The average Bonchev–Trinajstić information content (AvgIpc) is 3.04. The molecule has 0 bridgehead atoms. The van der Waals surface area contributed by atoms with Gasteiger partial charge in [-0.05, 0) is 25.1 Å². The van der Waals surface area contributed by atoms with E-state index >= 15 is 0 Å². The first-order valence-electron chi connectivity index (χ1n) is 9.70. The first-order valence-corrected chi connectivity index (χ1v) is 10.1. The zero-order chi connectivity index (χ0) is 21.7. The molecule has 158 valence electrons. The van der Waals surface area contributed by atoms with Gasteiger partial charge in [-0.3, -0.25) is 4.79 Å². The smallest absolute Gasteiger partial charge is 0.289 e. The van der Waals surface area contributed by atoms with Gasteiger partial charge in [0, 0.05) is 44.2 Å². The van der Waals surface area contributed by atoms with Crippen LogP contribution in [0, 0.1) is 0 Å². The number of halogens is 1. The lowest BCUT2D eigenvalue weighted by Gasteiger charge is -2.12. The molecule has 1 aliphatic rings. The normalized spacial score (nSPS) is 15.9. The van der Waals surface area contributed by atoms with Gasteiger partial charge in [-0.25, -0.2) is 9.97 Å². The number of nitrogens with zero attached hydrogens (tertiary/aromatic N) is 4. The van der Waals surface area contributed by atoms with Gasteiger partial charge in [0.25, 0.3) is 5.91 Å². The first kappa shape index (κ1) is 19.4. The molecular weight excluding hydrogens is 420 g/mol. The number of benzene rings is 1. The molecule has 0 unspecified atom stereocenters. The van der Waals surface area contributed by atoms with Crippen LogP contribution in [0.1, 0.15) is 17.5 Å². The van der Waals surface area contributed by atoms with Crippen molar-refractivity contribution in [2.45, 2.75) is 13.0 Å². The summed E-state index contributed by atoms with van der Waals surface area (Å²) >= 11 is 6.08. The maximum Gasteiger partial charge on any atom is 0.289 e. The van der Waals surface area contributed by atoms with Crippen LogP contribution in [-0.4, -0.2) is 47.5 Å². The van der Waals surface area contributed by atoms with Gasteiger partial charge in [-0.2, -0.15) is 4.98 Å². The molecule has 0 fully saturated rings. The monoisotopic (exact) mass is 438 g/mol. The van der Waals surface area contributed by atoms with Crippen LogP contribution in [0.4, 0.5) is 11.6 Å². The number of aromatic nitrogens is 3. The number of amides is 1. The summed E-state index contributed by atoms with van der Waals surface area (Å²) in [5.41, 5.74) is 1.99.